The lowest BCUT2D eigenvalue weighted by atomic mass is 9.83. The van der Waals surface area contributed by atoms with Gasteiger partial charge in [-0.15, -0.1) is 0 Å². The van der Waals surface area contributed by atoms with E-state index in [-0.39, 0.29) is 0 Å². The maximum absolute atomic E-state index is 12.3. The van der Waals surface area contributed by atoms with Crippen molar-refractivity contribution < 1.29 is 8.42 Å². The van der Waals surface area contributed by atoms with Crippen molar-refractivity contribution in [2.45, 2.75) is 44.0 Å². The van der Waals surface area contributed by atoms with Crippen molar-refractivity contribution in [3.8, 4) is 0 Å². The van der Waals surface area contributed by atoms with Crippen LogP contribution in [0.3, 0.4) is 0 Å². The van der Waals surface area contributed by atoms with Gasteiger partial charge in [0.25, 0.3) is 0 Å². The van der Waals surface area contributed by atoms with Gasteiger partial charge in [0.05, 0.1) is 4.90 Å². The topological polar surface area (TPSA) is 72.2 Å². The van der Waals surface area contributed by atoms with E-state index in [4.69, 9.17) is 5.73 Å². The molecule has 1 aromatic rings. The van der Waals surface area contributed by atoms with Gasteiger partial charge >= 0.3 is 0 Å². The molecule has 2 rings (SSSR count). The van der Waals surface area contributed by atoms with Crippen LogP contribution in [0.5, 0.6) is 0 Å². The van der Waals surface area contributed by atoms with Crippen LogP contribution in [0.1, 0.15) is 38.2 Å². The standard InChI is InChI=1S/C15H24N2O2S/c1-12-5-7-13(8-6-12)11-17-20(18,19)15-4-2-3-14(9-15)10-16/h2-4,9,12-13,17H,5-8,10-11,16H2,1H3. The van der Waals surface area contributed by atoms with Crippen molar-refractivity contribution in [3.05, 3.63) is 29.8 Å². The Labute approximate surface area is 121 Å². The Hall–Kier alpha value is -0.910. The second-order valence-corrected chi connectivity index (χ2v) is 7.60. The van der Waals surface area contributed by atoms with Crippen LogP contribution in [-0.4, -0.2) is 15.0 Å². The van der Waals surface area contributed by atoms with Gasteiger partial charge in [0.15, 0.2) is 0 Å². The molecule has 0 saturated heterocycles. The SMILES string of the molecule is CC1CCC(CNS(=O)(=O)c2cccc(CN)c2)CC1. The van der Waals surface area contributed by atoms with Crippen molar-refractivity contribution >= 4 is 10.0 Å². The minimum absolute atomic E-state index is 0.310. The average molecular weight is 296 g/mol. The van der Waals surface area contributed by atoms with Crippen LogP contribution in [0.2, 0.25) is 0 Å². The summed E-state index contributed by atoms with van der Waals surface area (Å²) >= 11 is 0. The Bertz CT molecular complexity index is 535. The van der Waals surface area contributed by atoms with Crippen LogP contribution in [-0.2, 0) is 16.6 Å². The molecule has 112 valence electrons. The second-order valence-electron chi connectivity index (χ2n) is 5.83. The van der Waals surface area contributed by atoms with Gasteiger partial charge in [-0.1, -0.05) is 31.9 Å². The molecule has 1 aromatic carbocycles. The Balaban J connectivity index is 1.96. The van der Waals surface area contributed by atoms with Gasteiger partial charge in [-0.2, -0.15) is 0 Å². The summed E-state index contributed by atoms with van der Waals surface area (Å²) in [5, 5.41) is 0. The number of benzene rings is 1. The molecule has 20 heavy (non-hydrogen) atoms. The van der Waals surface area contributed by atoms with Crippen LogP contribution in [0.15, 0.2) is 29.2 Å². The zero-order chi connectivity index (χ0) is 14.6. The first-order valence-electron chi connectivity index (χ1n) is 7.30. The lowest BCUT2D eigenvalue weighted by molar-refractivity contribution is 0.290. The molecule has 0 aliphatic heterocycles. The van der Waals surface area contributed by atoms with Gasteiger partial charge in [-0.3, -0.25) is 0 Å². The fraction of sp³-hybridized carbons (Fsp3) is 0.600. The van der Waals surface area contributed by atoms with Crippen molar-refractivity contribution in [1.82, 2.24) is 4.72 Å². The molecule has 0 spiro atoms. The minimum atomic E-state index is -3.41. The summed E-state index contributed by atoms with van der Waals surface area (Å²) in [5.41, 5.74) is 6.38. The largest absolute Gasteiger partial charge is 0.326 e. The molecule has 0 atom stereocenters. The van der Waals surface area contributed by atoms with Crippen LogP contribution < -0.4 is 10.5 Å². The van der Waals surface area contributed by atoms with E-state index in [1.54, 1.807) is 18.2 Å². The van der Waals surface area contributed by atoms with Crippen LogP contribution >= 0.6 is 0 Å². The van der Waals surface area contributed by atoms with E-state index in [9.17, 15) is 8.42 Å². The van der Waals surface area contributed by atoms with Crippen LogP contribution in [0.4, 0.5) is 0 Å². The highest BCUT2D eigenvalue weighted by molar-refractivity contribution is 7.89. The van der Waals surface area contributed by atoms with E-state index in [0.29, 0.717) is 23.9 Å². The second kappa shape index (κ2) is 6.70. The van der Waals surface area contributed by atoms with Crippen molar-refractivity contribution in [2.75, 3.05) is 6.54 Å². The van der Waals surface area contributed by atoms with Crippen molar-refractivity contribution in [2.24, 2.45) is 17.6 Å². The fourth-order valence-electron chi connectivity index (χ4n) is 2.68. The van der Waals surface area contributed by atoms with E-state index in [0.717, 1.165) is 24.3 Å². The first kappa shape index (κ1) is 15.5. The van der Waals surface area contributed by atoms with Gasteiger partial charge in [0.2, 0.25) is 10.0 Å². The first-order valence-corrected chi connectivity index (χ1v) is 8.78. The number of nitrogens with two attached hydrogens (primary N) is 1. The number of hydrogen-bond donors (Lipinski definition) is 2. The number of nitrogens with one attached hydrogen (secondary N) is 1. The molecule has 4 nitrogen and oxygen atoms in total. The zero-order valence-electron chi connectivity index (χ0n) is 12.0. The summed E-state index contributed by atoms with van der Waals surface area (Å²) in [4.78, 5) is 0.310. The van der Waals surface area contributed by atoms with Crippen LogP contribution in [0.25, 0.3) is 0 Å². The minimum Gasteiger partial charge on any atom is -0.326 e. The van der Waals surface area contributed by atoms with Crippen LogP contribution in [0, 0.1) is 11.8 Å². The van der Waals surface area contributed by atoms with E-state index < -0.39 is 10.0 Å². The molecule has 3 N–H and O–H groups in total. The molecule has 0 unspecified atom stereocenters. The third-order valence-electron chi connectivity index (χ3n) is 4.14. The Morgan fingerprint density at radius 1 is 1.25 bits per heavy atom. The Morgan fingerprint density at radius 3 is 2.60 bits per heavy atom. The molecule has 1 aliphatic carbocycles. The molecule has 0 radical (unpaired) electrons. The predicted octanol–water partition coefficient (Wildman–Crippen LogP) is 2.25. The molecule has 5 heteroatoms. The van der Waals surface area contributed by atoms with Gasteiger partial charge in [0.1, 0.15) is 0 Å². The third-order valence-corrected chi connectivity index (χ3v) is 5.56. The molecule has 1 aliphatic rings. The Morgan fingerprint density at radius 2 is 1.95 bits per heavy atom. The molecule has 0 heterocycles. The van der Waals surface area contributed by atoms with E-state index in [1.807, 2.05) is 6.07 Å². The highest BCUT2D eigenvalue weighted by atomic mass is 32.2. The maximum Gasteiger partial charge on any atom is 0.240 e. The van der Waals surface area contributed by atoms with E-state index >= 15 is 0 Å². The van der Waals surface area contributed by atoms with E-state index in [1.165, 1.54) is 12.8 Å². The molecule has 0 amide bonds. The van der Waals surface area contributed by atoms with Crippen molar-refractivity contribution in [3.63, 3.8) is 0 Å². The van der Waals surface area contributed by atoms with Gasteiger partial charge in [-0.05, 0) is 42.4 Å². The summed E-state index contributed by atoms with van der Waals surface area (Å²) in [7, 11) is -3.41. The first-order chi connectivity index (χ1) is 9.51. The normalized spacial score (nSPS) is 23.7. The fourth-order valence-corrected chi connectivity index (χ4v) is 3.87. The summed E-state index contributed by atoms with van der Waals surface area (Å²) in [6, 6.07) is 6.83. The lowest BCUT2D eigenvalue weighted by Gasteiger charge is -2.26. The Kier molecular flexibility index (Phi) is 5.18. The maximum atomic E-state index is 12.3. The summed E-state index contributed by atoms with van der Waals surface area (Å²) < 4.78 is 27.3. The lowest BCUT2D eigenvalue weighted by Crippen LogP contribution is -2.31. The number of rotatable bonds is 5. The average Bonchev–Trinajstić information content (AvgIpc) is 2.47. The van der Waals surface area contributed by atoms with Gasteiger partial charge < -0.3 is 5.73 Å². The quantitative estimate of drug-likeness (QED) is 0.875. The monoisotopic (exact) mass is 296 g/mol. The van der Waals surface area contributed by atoms with Crippen molar-refractivity contribution in [1.29, 1.82) is 0 Å². The highest BCUT2D eigenvalue weighted by Gasteiger charge is 2.21. The third kappa shape index (κ3) is 4.04. The molecular formula is C15H24N2O2S. The zero-order valence-corrected chi connectivity index (χ0v) is 12.8. The number of hydrogen-bond acceptors (Lipinski definition) is 3. The molecule has 1 fully saturated rings. The smallest absolute Gasteiger partial charge is 0.240 e. The predicted molar refractivity (Wildman–Crippen MR) is 80.6 cm³/mol. The summed E-state index contributed by atoms with van der Waals surface area (Å²) in [5.74, 6) is 1.25. The summed E-state index contributed by atoms with van der Waals surface area (Å²) in [6.45, 7) is 3.16. The number of sulfonamides is 1. The molecular weight excluding hydrogens is 272 g/mol. The highest BCUT2D eigenvalue weighted by Crippen LogP contribution is 2.28. The van der Waals surface area contributed by atoms with E-state index in [2.05, 4.69) is 11.6 Å². The van der Waals surface area contributed by atoms with Gasteiger partial charge in [0, 0.05) is 13.1 Å². The molecule has 1 saturated carbocycles. The molecule has 0 bridgehead atoms. The summed E-state index contributed by atoms with van der Waals surface area (Å²) in [6.07, 6.45) is 4.64. The molecule has 0 aromatic heterocycles. The van der Waals surface area contributed by atoms with Gasteiger partial charge in [-0.25, -0.2) is 13.1 Å².